The van der Waals surface area contributed by atoms with Gasteiger partial charge in [0.15, 0.2) is 0 Å². The molecule has 0 aromatic heterocycles. The van der Waals surface area contributed by atoms with E-state index in [1.165, 1.54) is 4.90 Å². The van der Waals surface area contributed by atoms with Crippen molar-refractivity contribution >= 4 is 57.4 Å². The van der Waals surface area contributed by atoms with Crippen molar-refractivity contribution in [2.75, 3.05) is 18.0 Å². The van der Waals surface area contributed by atoms with E-state index < -0.39 is 6.04 Å². The van der Waals surface area contributed by atoms with Crippen LogP contribution < -0.4 is 10.2 Å². The first-order chi connectivity index (χ1) is 19.9. The monoisotopic (exact) mass is 587 g/mol. The average Bonchev–Trinajstić information content (AvgIpc) is 3.25. The van der Waals surface area contributed by atoms with Crippen LogP contribution in [0.1, 0.15) is 41.3 Å². The van der Waals surface area contributed by atoms with Crippen molar-refractivity contribution < 1.29 is 14.4 Å². The summed E-state index contributed by atoms with van der Waals surface area (Å²) in [5.74, 6) is -0.818. The molecule has 8 heteroatoms. The minimum Gasteiger partial charge on any atom is -0.354 e. The maximum absolute atomic E-state index is 14.2. The minimum atomic E-state index is -0.813. The van der Waals surface area contributed by atoms with Gasteiger partial charge in [-0.15, -0.1) is 0 Å². The predicted octanol–water partition coefficient (Wildman–Crippen LogP) is 6.66. The van der Waals surface area contributed by atoms with Crippen molar-refractivity contribution in [3.63, 3.8) is 0 Å². The van der Waals surface area contributed by atoms with E-state index in [0.29, 0.717) is 34.3 Å². The van der Waals surface area contributed by atoms with E-state index in [0.717, 1.165) is 34.7 Å². The summed E-state index contributed by atoms with van der Waals surface area (Å²) < 4.78 is 0. The average molecular weight is 589 g/mol. The van der Waals surface area contributed by atoms with Crippen molar-refractivity contribution in [1.82, 2.24) is 10.2 Å². The zero-order valence-electron chi connectivity index (χ0n) is 22.8. The lowest BCUT2D eigenvalue weighted by Gasteiger charge is -2.33. The standard InChI is InChI=1S/C33H31Cl2N3O3/c1-2-3-17-36-32(40)29(19-22-9-5-4-6-10-22)37(20-23-15-16-26(34)27(35)18-23)30(39)21-38-28-14-8-12-24-11-7-13-25(31(24)28)33(38)41/h4-16,18,29H,2-3,17,19-21H2,1H3,(H,36,40)/t29-/m0/s1. The third-order valence-electron chi connectivity index (χ3n) is 7.38. The molecule has 1 heterocycles. The van der Waals surface area contributed by atoms with E-state index in [2.05, 4.69) is 12.2 Å². The van der Waals surface area contributed by atoms with Crippen molar-refractivity contribution in [2.45, 2.75) is 38.8 Å². The highest BCUT2D eigenvalue weighted by atomic mass is 35.5. The Bertz CT molecular complexity index is 1590. The number of carbonyl (C=O) groups is 3. The van der Waals surface area contributed by atoms with E-state index in [9.17, 15) is 14.4 Å². The fourth-order valence-corrected chi connectivity index (χ4v) is 5.58. The number of nitrogens with one attached hydrogen (secondary N) is 1. The summed E-state index contributed by atoms with van der Waals surface area (Å²) in [5.41, 5.74) is 2.91. The Balaban J connectivity index is 1.50. The van der Waals surface area contributed by atoms with Crippen LogP contribution in [0.25, 0.3) is 10.8 Å². The fraction of sp³-hybridized carbons (Fsp3) is 0.242. The Kier molecular flexibility index (Phi) is 8.91. The van der Waals surface area contributed by atoms with Crippen molar-refractivity contribution in [3.05, 3.63) is 112 Å². The second-order valence-corrected chi connectivity index (χ2v) is 11.0. The normalized spacial score (nSPS) is 13.0. The van der Waals surface area contributed by atoms with Gasteiger partial charge in [0, 0.05) is 30.5 Å². The quantitative estimate of drug-likeness (QED) is 0.199. The number of nitrogens with zero attached hydrogens (tertiary/aromatic N) is 2. The lowest BCUT2D eigenvalue weighted by molar-refractivity contribution is -0.140. The largest absolute Gasteiger partial charge is 0.354 e. The number of anilines is 1. The summed E-state index contributed by atoms with van der Waals surface area (Å²) in [5, 5.41) is 5.56. The molecule has 0 fully saturated rings. The minimum absolute atomic E-state index is 0.119. The van der Waals surface area contributed by atoms with Gasteiger partial charge < -0.3 is 10.2 Å². The smallest absolute Gasteiger partial charge is 0.259 e. The van der Waals surface area contributed by atoms with Gasteiger partial charge in [0.1, 0.15) is 12.6 Å². The van der Waals surface area contributed by atoms with Crippen LogP contribution >= 0.6 is 23.2 Å². The second-order valence-electron chi connectivity index (χ2n) is 10.2. The van der Waals surface area contributed by atoms with Gasteiger partial charge in [0.25, 0.3) is 5.91 Å². The van der Waals surface area contributed by atoms with Gasteiger partial charge >= 0.3 is 0 Å². The highest BCUT2D eigenvalue weighted by Crippen LogP contribution is 2.37. The summed E-state index contributed by atoms with van der Waals surface area (Å²) in [6, 6.07) is 25.2. The van der Waals surface area contributed by atoms with Crippen LogP contribution in [0.15, 0.2) is 84.9 Å². The molecule has 5 rings (SSSR count). The van der Waals surface area contributed by atoms with Crippen LogP contribution in [0.3, 0.4) is 0 Å². The highest BCUT2D eigenvalue weighted by molar-refractivity contribution is 6.42. The summed E-state index contributed by atoms with van der Waals surface area (Å²) in [7, 11) is 0. The molecule has 3 amide bonds. The molecule has 0 saturated carbocycles. The molecule has 0 bridgehead atoms. The lowest BCUT2D eigenvalue weighted by Crippen LogP contribution is -2.53. The molecule has 0 aliphatic carbocycles. The molecule has 210 valence electrons. The number of hydrogen-bond acceptors (Lipinski definition) is 3. The summed E-state index contributed by atoms with van der Waals surface area (Å²) in [6.07, 6.45) is 2.07. The third-order valence-corrected chi connectivity index (χ3v) is 8.12. The molecule has 1 aliphatic heterocycles. The maximum Gasteiger partial charge on any atom is 0.259 e. The molecule has 1 aliphatic rings. The first-order valence-corrected chi connectivity index (χ1v) is 14.5. The number of benzene rings is 4. The third kappa shape index (κ3) is 6.24. The SMILES string of the molecule is CCCCNC(=O)[C@H](Cc1ccccc1)N(Cc1ccc(Cl)c(Cl)c1)C(=O)CN1C(=O)c2cccc3cccc1c23. The van der Waals surface area contributed by atoms with E-state index in [-0.39, 0.29) is 30.8 Å². The van der Waals surface area contributed by atoms with Gasteiger partial charge in [-0.25, -0.2) is 0 Å². The molecule has 1 atom stereocenters. The predicted molar refractivity (Wildman–Crippen MR) is 164 cm³/mol. The van der Waals surface area contributed by atoms with E-state index >= 15 is 0 Å². The molecule has 1 N–H and O–H groups in total. The summed E-state index contributed by atoms with van der Waals surface area (Å²) in [6.45, 7) is 2.48. The van der Waals surface area contributed by atoms with Crippen LogP contribution in [0.2, 0.25) is 10.0 Å². The van der Waals surface area contributed by atoms with Crippen LogP contribution in [0.5, 0.6) is 0 Å². The summed E-state index contributed by atoms with van der Waals surface area (Å²) >= 11 is 12.5. The molecular formula is C33H31Cl2N3O3. The van der Waals surface area contributed by atoms with Crippen LogP contribution in [0.4, 0.5) is 5.69 Å². The molecule has 41 heavy (non-hydrogen) atoms. The maximum atomic E-state index is 14.2. The second kappa shape index (κ2) is 12.8. The molecule has 6 nitrogen and oxygen atoms in total. The van der Waals surface area contributed by atoms with Crippen molar-refractivity contribution in [1.29, 1.82) is 0 Å². The molecular weight excluding hydrogens is 557 g/mol. The van der Waals surface area contributed by atoms with Gasteiger partial charge in [0.05, 0.1) is 15.7 Å². The fourth-order valence-electron chi connectivity index (χ4n) is 5.26. The first kappa shape index (κ1) is 28.7. The van der Waals surface area contributed by atoms with Crippen molar-refractivity contribution in [2.24, 2.45) is 0 Å². The number of hydrogen-bond donors (Lipinski definition) is 1. The van der Waals surface area contributed by atoms with E-state index in [1.807, 2.05) is 60.7 Å². The van der Waals surface area contributed by atoms with Crippen LogP contribution in [0, 0.1) is 0 Å². The molecule has 4 aromatic rings. The van der Waals surface area contributed by atoms with Crippen molar-refractivity contribution in [3.8, 4) is 0 Å². The van der Waals surface area contributed by atoms with Gasteiger partial charge in [-0.1, -0.05) is 97.2 Å². The zero-order chi connectivity index (χ0) is 28.9. The van der Waals surface area contributed by atoms with Gasteiger partial charge in [-0.3, -0.25) is 19.3 Å². The molecule has 4 aromatic carbocycles. The molecule has 0 unspecified atom stereocenters. The van der Waals surface area contributed by atoms with E-state index in [1.54, 1.807) is 29.2 Å². The van der Waals surface area contributed by atoms with Gasteiger partial charge in [-0.2, -0.15) is 0 Å². The first-order valence-electron chi connectivity index (χ1n) is 13.8. The Morgan fingerprint density at radius 2 is 1.66 bits per heavy atom. The molecule has 0 radical (unpaired) electrons. The molecule has 0 saturated heterocycles. The highest BCUT2D eigenvalue weighted by Gasteiger charge is 2.35. The van der Waals surface area contributed by atoms with Gasteiger partial charge in [0.2, 0.25) is 11.8 Å². The summed E-state index contributed by atoms with van der Waals surface area (Å²) in [4.78, 5) is 44.5. The van der Waals surface area contributed by atoms with E-state index in [4.69, 9.17) is 23.2 Å². The number of amides is 3. The topological polar surface area (TPSA) is 69.7 Å². The van der Waals surface area contributed by atoms with Crippen LogP contribution in [-0.2, 0) is 22.6 Å². The number of carbonyl (C=O) groups excluding carboxylic acids is 3. The Morgan fingerprint density at radius 1 is 0.902 bits per heavy atom. The Hall–Kier alpha value is -3.87. The van der Waals surface area contributed by atoms with Gasteiger partial charge in [-0.05, 0) is 47.2 Å². The Labute approximate surface area is 249 Å². The number of unbranched alkanes of at least 4 members (excludes halogenated alkanes) is 1. The molecule has 0 spiro atoms. The lowest BCUT2D eigenvalue weighted by atomic mass is 10.0. The Morgan fingerprint density at radius 3 is 2.39 bits per heavy atom. The number of halogens is 2. The zero-order valence-corrected chi connectivity index (χ0v) is 24.3. The van der Waals surface area contributed by atoms with Crippen LogP contribution in [-0.4, -0.2) is 41.8 Å². The number of rotatable bonds is 11.